The monoisotopic (exact) mass is 372 g/mol. The lowest BCUT2D eigenvalue weighted by Gasteiger charge is -2.29. The van der Waals surface area contributed by atoms with Crippen LogP contribution in [0.2, 0.25) is 0 Å². The zero-order valence-electron chi connectivity index (χ0n) is 15.3. The summed E-state index contributed by atoms with van der Waals surface area (Å²) in [5.74, 6) is -0.340. The number of anilines is 2. The SMILES string of the molecule is C=CC(=O)N1CCCc2c(C(=O)Nc3cccc(-n4cccn4)c3)cccc21. The van der Waals surface area contributed by atoms with Crippen LogP contribution in [0.5, 0.6) is 0 Å². The molecular formula is C22H20N4O2. The van der Waals surface area contributed by atoms with E-state index in [1.807, 2.05) is 48.7 Å². The van der Waals surface area contributed by atoms with E-state index < -0.39 is 0 Å². The summed E-state index contributed by atoms with van der Waals surface area (Å²) in [5.41, 5.74) is 3.81. The highest BCUT2D eigenvalue weighted by Gasteiger charge is 2.24. The lowest BCUT2D eigenvalue weighted by Crippen LogP contribution is -2.35. The van der Waals surface area contributed by atoms with E-state index in [9.17, 15) is 9.59 Å². The number of nitrogens with one attached hydrogen (secondary N) is 1. The fourth-order valence-electron chi connectivity index (χ4n) is 3.52. The van der Waals surface area contributed by atoms with Crippen molar-refractivity contribution in [3.63, 3.8) is 0 Å². The molecule has 3 aromatic rings. The largest absolute Gasteiger partial charge is 0.322 e. The van der Waals surface area contributed by atoms with Crippen molar-refractivity contribution in [2.75, 3.05) is 16.8 Å². The highest BCUT2D eigenvalue weighted by Crippen LogP contribution is 2.30. The molecule has 0 spiro atoms. The fraction of sp³-hybridized carbons (Fsp3) is 0.136. The van der Waals surface area contributed by atoms with Gasteiger partial charge in [0.25, 0.3) is 5.91 Å². The molecule has 4 rings (SSSR count). The van der Waals surface area contributed by atoms with Gasteiger partial charge in [-0.15, -0.1) is 0 Å². The average Bonchev–Trinajstić information content (AvgIpc) is 3.27. The van der Waals surface area contributed by atoms with E-state index in [1.165, 1.54) is 6.08 Å². The smallest absolute Gasteiger partial charge is 0.256 e. The van der Waals surface area contributed by atoms with Gasteiger partial charge in [0.05, 0.1) is 5.69 Å². The number of aromatic nitrogens is 2. The van der Waals surface area contributed by atoms with Crippen molar-refractivity contribution in [2.24, 2.45) is 0 Å². The van der Waals surface area contributed by atoms with Gasteiger partial charge in [-0.05, 0) is 60.9 Å². The van der Waals surface area contributed by atoms with Crippen molar-refractivity contribution in [3.05, 3.63) is 84.7 Å². The Bertz CT molecular complexity index is 1040. The number of carbonyl (C=O) groups is 2. The molecular weight excluding hydrogens is 352 g/mol. The van der Waals surface area contributed by atoms with Crippen LogP contribution in [-0.4, -0.2) is 28.1 Å². The number of carbonyl (C=O) groups excluding carboxylic acids is 2. The summed E-state index contributed by atoms with van der Waals surface area (Å²) in [7, 11) is 0. The minimum atomic E-state index is -0.192. The molecule has 2 heterocycles. The third kappa shape index (κ3) is 3.32. The van der Waals surface area contributed by atoms with Crippen LogP contribution in [0.3, 0.4) is 0 Å². The Hall–Kier alpha value is -3.67. The molecule has 2 aromatic carbocycles. The fourth-order valence-corrected chi connectivity index (χ4v) is 3.52. The zero-order chi connectivity index (χ0) is 19.5. The average molecular weight is 372 g/mol. The van der Waals surface area contributed by atoms with E-state index in [-0.39, 0.29) is 11.8 Å². The van der Waals surface area contributed by atoms with Gasteiger partial charge in [-0.1, -0.05) is 18.7 Å². The molecule has 0 bridgehead atoms. The number of rotatable bonds is 4. The van der Waals surface area contributed by atoms with Gasteiger partial charge in [-0.25, -0.2) is 4.68 Å². The maximum Gasteiger partial charge on any atom is 0.256 e. The van der Waals surface area contributed by atoms with Crippen LogP contribution in [0, 0.1) is 0 Å². The molecule has 140 valence electrons. The molecule has 6 heteroatoms. The lowest BCUT2D eigenvalue weighted by atomic mass is 9.95. The van der Waals surface area contributed by atoms with Gasteiger partial charge in [0.15, 0.2) is 0 Å². The minimum Gasteiger partial charge on any atom is -0.322 e. The van der Waals surface area contributed by atoms with Crippen molar-refractivity contribution >= 4 is 23.2 Å². The van der Waals surface area contributed by atoms with Crippen molar-refractivity contribution < 1.29 is 9.59 Å². The maximum absolute atomic E-state index is 13.0. The molecule has 1 aliphatic rings. The molecule has 0 radical (unpaired) electrons. The molecule has 1 aromatic heterocycles. The van der Waals surface area contributed by atoms with Crippen LogP contribution in [0.25, 0.3) is 5.69 Å². The second-order valence-corrected chi connectivity index (χ2v) is 6.56. The third-order valence-corrected chi connectivity index (χ3v) is 4.81. The van der Waals surface area contributed by atoms with E-state index in [0.717, 1.165) is 29.8 Å². The van der Waals surface area contributed by atoms with E-state index in [1.54, 1.807) is 21.8 Å². The maximum atomic E-state index is 13.0. The lowest BCUT2D eigenvalue weighted by molar-refractivity contribution is -0.114. The van der Waals surface area contributed by atoms with E-state index in [4.69, 9.17) is 0 Å². The molecule has 0 atom stereocenters. The van der Waals surface area contributed by atoms with Gasteiger partial charge in [0.2, 0.25) is 5.91 Å². The first-order valence-corrected chi connectivity index (χ1v) is 9.14. The van der Waals surface area contributed by atoms with Gasteiger partial charge in [0.1, 0.15) is 0 Å². The van der Waals surface area contributed by atoms with Crippen molar-refractivity contribution in [2.45, 2.75) is 12.8 Å². The summed E-state index contributed by atoms with van der Waals surface area (Å²) in [6, 6.07) is 14.8. The van der Waals surface area contributed by atoms with Crippen LogP contribution in [0.1, 0.15) is 22.3 Å². The van der Waals surface area contributed by atoms with Crippen molar-refractivity contribution in [1.82, 2.24) is 9.78 Å². The van der Waals surface area contributed by atoms with Crippen LogP contribution in [0.4, 0.5) is 11.4 Å². The molecule has 0 saturated carbocycles. The summed E-state index contributed by atoms with van der Waals surface area (Å²) in [5, 5.41) is 7.18. The first-order chi connectivity index (χ1) is 13.7. The summed E-state index contributed by atoms with van der Waals surface area (Å²) < 4.78 is 1.73. The first-order valence-electron chi connectivity index (χ1n) is 9.14. The molecule has 28 heavy (non-hydrogen) atoms. The van der Waals surface area contributed by atoms with E-state index >= 15 is 0 Å². The van der Waals surface area contributed by atoms with Gasteiger partial charge in [0, 0.05) is 35.9 Å². The molecule has 1 aliphatic heterocycles. The Morgan fingerprint density at radius 1 is 1.14 bits per heavy atom. The van der Waals surface area contributed by atoms with Gasteiger partial charge in [-0.3, -0.25) is 9.59 Å². The number of hydrogen-bond acceptors (Lipinski definition) is 3. The van der Waals surface area contributed by atoms with E-state index in [0.29, 0.717) is 17.8 Å². The molecule has 0 aliphatic carbocycles. The predicted molar refractivity (Wildman–Crippen MR) is 109 cm³/mol. The number of nitrogens with zero attached hydrogens (tertiary/aromatic N) is 3. The second-order valence-electron chi connectivity index (χ2n) is 6.56. The summed E-state index contributed by atoms with van der Waals surface area (Å²) in [6.07, 6.45) is 6.43. The van der Waals surface area contributed by atoms with Gasteiger partial charge < -0.3 is 10.2 Å². The van der Waals surface area contributed by atoms with Gasteiger partial charge >= 0.3 is 0 Å². The van der Waals surface area contributed by atoms with Crippen LogP contribution < -0.4 is 10.2 Å². The Kier molecular flexibility index (Phi) is 4.76. The van der Waals surface area contributed by atoms with Crippen molar-refractivity contribution in [1.29, 1.82) is 0 Å². The first kappa shape index (κ1) is 17.7. The number of amides is 2. The topological polar surface area (TPSA) is 67.2 Å². The van der Waals surface area contributed by atoms with E-state index in [2.05, 4.69) is 17.0 Å². The highest BCUT2D eigenvalue weighted by atomic mass is 16.2. The number of hydrogen-bond donors (Lipinski definition) is 1. The Balaban J connectivity index is 1.62. The molecule has 0 fully saturated rings. The predicted octanol–water partition coefficient (Wildman–Crippen LogP) is 3.59. The summed E-state index contributed by atoms with van der Waals surface area (Å²) in [4.78, 5) is 26.8. The van der Waals surface area contributed by atoms with Crippen LogP contribution >= 0.6 is 0 Å². The van der Waals surface area contributed by atoms with Crippen molar-refractivity contribution in [3.8, 4) is 5.69 Å². The summed E-state index contributed by atoms with van der Waals surface area (Å²) >= 11 is 0. The molecule has 1 N–H and O–H groups in total. The molecule has 0 unspecified atom stereocenters. The normalized spacial score (nSPS) is 12.9. The molecule has 6 nitrogen and oxygen atoms in total. The minimum absolute atomic E-state index is 0.148. The van der Waals surface area contributed by atoms with Crippen LogP contribution in [0.15, 0.2) is 73.6 Å². The quantitative estimate of drug-likeness (QED) is 0.712. The third-order valence-electron chi connectivity index (χ3n) is 4.81. The summed E-state index contributed by atoms with van der Waals surface area (Å²) in [6.45, 7) is 4.21. The van der Waals surface area contributed by atoms with Gasteiger partial charge in [-0.2, -0.15) is 5.10 Å². The Labute approximate surface area is 163 Å². The molecule has 0 saturated heterocycles. The number of benzene rings is 2. The Morgan fingerprint density at radius 2 is 2.00 bits per heavy atom. The highest BCUT2D eigenvalue weighted by molar-refractivity contribution is 6.08. The van der Waals surface area contributed by atoms with Crippen LogP contribution in [-0.2, 0) is 11.2 Å². The standard InChI is InChI=1S/C22H20N4O2/c1-2-21(27)25-13-5-10-18-19(9-4-11-20(18)25)22(28)24-16-7-3-8-17(15-16)26-14-6-12-23-26/h2-4,6-9,11-12,14-15H,1,5,10,13H2,(H,24,28). The second kappa shape index (κ2) is 7.52. The molecule has 2 amide bonds. The number of fused-ring (bicyclic) bond motifs is 1. The Morgan fingerprint density at radius 3 is 2.79 bits per heavy atom. The zero-order valence-corrected chi connectivity index (χ0v) is 15.3.